The van der Waals surface area contributed by atoms with Gasteiger partial charge in [-0.2, -0.15) is 0 Å². The fraction of sp³-hybridized carbons (Fsp3) is 0.500. The average Bonchev–Trinajstić information content (AvgIpc) is 3.27. The lowest BCUT2D eigenvalue weighted by Gasteiger charge is -2.58. The Balaban J connectivity index is 0.941. The molecule has 1 spiro atoms. The van der Waals surface area contributed by atoms with Crippen LogP contribution in [0.1, 0.15) is 115 Å². The summed E-state index contributed by atoms with van der Waals surface area (Å²) >= 11 is 0. The third kappa shape index (κ3) is 9.66. The Bertz CT molecular complexity index is 2550. The molecule has 0 unspecified atom stereocenters. The van der Waals surface area contributed by atoms with Gasteiger partial charge in [0.2, 0.25) is 15.7 Å². The molecule has 13 nitrogen and oxygen atoms in total. The number of ether oxygens (including phenoxy) is 1. The zero-order chi connectivity index (χ0) is 47.9. The van der Waals surface area contributed by atoms with Crippen LogP contribution in [0.15, 0.2) is 94.7 Å². The molecule has 2 aliphatic carbocycles. The highest BCUT2D eigenvalue weighted by atomic mass is 32.2. The summed E-state index contributed by atoms with van der Waals surface area (Å²) in [6, 6.07) is 25.2. The van der Waals surface area contributed by atoms with Crippen molar-refractivity contribution in [2.75, 3.05) is 56.5 Å². The molecule has 4 aliphatic rings. The number of nitro groups is 1. The van der Waals surface area contributed by atoms with Gasteiger partial charge in [-0.3, -0.25) is 24.7 Å². The number of primary amides is 1. The molecule has 64 heavy (non-hydrogen) atoms. The lowest BCUT2D eigenvalue weighted by atomic mass is 9.59. The molecule has 4 fully saturated rings. The summed E-state index contributed by atoms with van der Waals surface area (Å²) in [5.41, 5.74) is 9.29. The van der Waals surface area contributed by atoms with Crippen molar-refractivity contribution in [2.24, 2.45) is 17.1 Å². The number of anilines is 2. The molecule has 0 radical (unpaired) electrons. The number of benzene rings is 4. The number of carbonyl (C=O) groups is 1. The second-order valence-corrected chi connectivity index (χ2v) is 21.3. The number of nitrogens with two attached hydrogens (primary N) is 1. The van der Waals surface area contributed by atoms with Crippen molar-refractivity contribution in [2.45, 2.75) is 112 Å². The molecule has 4 aromatic carbocycles. The second-order valence-electron chi connectivity index (χ2n) is 19.4. The Kier molecular flexibility index (Phi) is 12.0. The van der Waals surface area contributed by atoms with E-state index in [1.807, 2.05) is 19.1 Å². The fourth-order valence-corrected chi connectivity index (χ4v) is 12.3. The standard InChI is InChI=1S/C50H64N6O7S/c1-34(2)41-7-5-6-8-42(41)46-33-53(32-36-9-12-39(63-4)13-10-36)25-26-55(46)38-29-50(30-38)21-23-54(24-22-50)37-11-15-43(48(51)57)47(27-37)64(61,62)40-14-16-44(45(28-40)56(59)60)52-31-35-17-19-49(3,58)20-18-35/h5-16,27-28,34-35,38,46,52,58H,17-26,29-33H2,1-4H3,(H2,51,57)/t35?,46-,49?/m0/s1/i4D3. The van der Waals surface area contributed by atoms with E-state index >= 15 is 0 Å². The number of nitro benzene ring substituents is 1. The van der Waals surface area contributed by atoms with E-state index < -0.39 is 33.3 Å². The van der Waals surface area contributed by atoms with Crippen LogP contribution in [0.4, 0.5) is 17.1 Å². The van der Waals surface area contributed by atoms with Gasteiger partial charge >= 0.3 is 0 Å². The van der Waals surface area contributed by atoms with Gasteiger partial charge in [0.15, 0.2) is 0 Å². The van der Waals surface area contributed by atoms with Crippen LogP contribution in [0.25, 0.3) is 0 Å². The summed E-state index contributed by atoms with van der Waals surface area (Å²) in [6.07, 6.45) is 6.82. The monoisotopic (exact) mass is 895 g/mol. The summed E-state index contributed by atoms with van der Waals surface area (Å²) < 4.78 is 56.0. The number of piperazine rings is 1. The molecule has 0 aromatic heterocycles. The number of hydrogen-bond acceptors (Lipinski definition) is 11. The van der Waals surface area contributed by atoms with Gasteiger partial charge in [-0.1, -0.05) is 50.2 Å². The summed E-state index contributed by atoms with van der Waals surface area (Å²) in [4.78, 5) is 31.1. The molecular formula is C50H64N6O7S. The molecule has 1 atom stereocenters. The van der Waals surface area contributed by atoms with Crippen molar-refractivity contribution in [3.05, 3.63) is 117 Å². The van der Waals surface area contributed by atoms with E-state index in [1.165, 1.54) is 35.4 Å². The van der Waals surface area contributed by atoms with Gasteiger partial charge in [0, 0.05) is 69.7 Å². The molecule has 342 valence electrons. The predicted octanol–water partition coefficient (Wildman–Crippen LogP) is 8.32. The molecule has 1 amide bonds. The van der Waals surface area contributed by atoms with Crippen molar-refractivity contribution in [3.63, 3.8) is 0 Å². The van der Waals surface area contributed by atoms with Crippen LogP contribution < -0.4 is 20.7 Å². The van der Waals surface area contributed by atoms with Gasteiger partial charge < -0.3 is 25.8 Å². The lowest BCUT2D eigenvalue weighted by molar-refractivity contribution is -0.384. The fourth-order valence-electron chi connectivity index (χ4n) is 10.8. The van der Waals surface area contributed by atoms with Crippen molar-refractivity contribution < 1.29 is 32.1 Å². The topological polar surface area (TPSA) is 172 Å². The first kappa shape index (κ1) is 41.7. The van der Waals surface area contributed by atoms with Crippen molar-refractivity contribution in [1.82, 2.24) is 9.80 Å². The van der Waals surface area contributed by atoms with E-state index in [0.29, 0.717) is 55.9 Å². The summed E-state index contributed by atoms with van der Waals surface area (Å²) in [6.45, 7) is 11.6. The molecule has 0 bridgehead atoms. The Labute approximate surface area is 382 Å². The summed E-state index contributed by atoms with van der Waals surface area (Å²) in [5.74, 6) is -0.00788. The number of methoxy groups -OCH3 is 1. The van der Waals surface area contributed by atoms with E-state index in [-0.39, 0.29) is 44.1 Å². The average molecular weight is 896 g/mol. The third-order valence-corrected chi connectivity index (χ3v) is 16.5. The second kappa shape index (κ2) is 18.5. The van der Waals surface area contributed by atoms with Gasteiger partial charge in [-0.15, -0.1) is 0 Å². The molecule has 2 saturated heterocycles. The third-order valence-electron chi connectivity index (χ3n) is 14.7. The highest BCUT2D eigenvalue weighted by molar-refractivity contribution is 7.91. The molecule has 4 aromatic rings. The number of aliphatic hydroxyl groups is 1. The molecule has 2 saturated carbocycles. The Hall–Kier alpha value is -5.02. The molecule has 4 N–H and O–H groups in total. The number of amides is 1. The molecule has 2 aliphatic heterocycles. The summed E-state index contributed by atoms with van der Waals surface area (Å²) in [7, 11) is -6.91. The van der Waals surface area contributed by atoms with Crippen molar-refractivity contribution in [3.8, 4) is 5.75 Å². The van der Waals surface area contributed by atoms with Crippen LogP contribution in [0.2, 0.25) is 0 Å². The number of nitrogens with zero attached hydrogens (tertiary/aromatic N) is 4. The Morgan fingerprint density at radius 2 is 1.70 bits per heavy atom. The minimum Gasteiger partial charge on any atom is -0.497 e. The first-order valence-corrected chi connectivity index (χ1v) is 24.2. The zero-order valence-electron chi connectivity index (χ0n) is 40.2. The van der Waals surface area contributed by atoms with E-state index in [4.69, 9.17) is 14.6 Å². The normalized spacial score (nSPS) is 24.1. The highest BCUT2D eigenvalue weighted by Crippen LogP contribution is 2.53. The number of hydrogen-bond donors (Lipinski definition) is 3. The zero-order valence-corrected chi connectivity index (χ0v) is 38.0. The highest BCUT2D eigenvalue weighted by Gasteiger charge is 2.50. The SMILES string of the molecule is [2H]C([2H])([2H])Oc1ccc(CN2CCN(C3CC4(CCN(c5ccc(C(N)=O)c(S(=O)(=O)c6ccc(NCC7CCC(C)(O)CC7)c([N+](=O)[O-])c6)c5)CC4)C3)[C@H](c3ccccc3C(C)C)C2)cc1. The quantitative estimate of drug-likeness (QED) is 0.0822. The number of piperidine rings is 1. The van der Waals surface area contributed by atoms with Crippen molar-refractivity contribution >= 4 is 32.8 Å². The Morgan fingerprint density at radius 1 is 0.984 bits per heavy atom. The van der Waals surface area contributed by atoms with Gasteiger partial charge in [-0.25, -0.2) is 8.42 Å². The minimum absolute atomic E-state index is 0.159. The van der Waals surface area contributed by atoms with E-state index in [0.717, 1.165) is 76.3 Å². The van der Waals surface area contributed by atoms with Crippen molar-refractivity contribution in [1.29, 1.82) is 0 Å². The van der Waals surface area contributed by atoms with E-state index in [9.17, 15) is 28.4 Å². The predicted molar refractivity (Wildman–Crippen MR) is 250 cm³/mol. The number of sulfone groups is 1. The molecule has 2 heterocycles. The van der Waals surface area contributed by atoms with Crippen LogP contribution in [0.5, 0.6) is 5.75 Å². The maximum atomic E-state index is 14.3. The minimum atomic E-state index is -4.42. The first-order valence-electron chi connectivity index (χ1n) is 24.2. The van der Waals surface area contributed by atoms with Gasteiger partial charge in [-0.05, 0) is 135 Å². The van der Waals surface area contributed by atoms with Crippen LogP contribution in [-0.2, 0) is 16.4 Å². The number of nitrogens with one attached hydrogen (secondary N) is 1. The van der Waals surface area contributed by atoms with Crippen LogP contribution in [0.3, 0.4) is 0 Å². The molecule has 14 heteroatoms. The first-order chi connectivity index (χ1) is 31.7. The number of rotatable bonds is 14. The van der Waals surface area contributed by atoms with E-state index in [1.54, 1.807) is 18.2 Å². The van der Waals surface area contributed by atoms with E-state index in [2.05, 4.69) is 58.1 Å². The maximum absolute atomic E-state index is 14.3. The number of carbonyl (C=O) groups excluding carboxylic acids is 1. The maximum Gasteiger partial charge on any atom is 0.293 e. The molecular weight excluding hydrogens is 829 g/mol. The van der Waals surface area contributed by atoms with Crippen LogP contribution in [-0.4, -0.2) is 92.1 Å². The van der Waals surface area contributed by atoms with Crippen LogP contribution >= 0.6 is 0 Å². The molecule has 8 rings (SSSR count). The smallest absolute Gasteiger partial charge is 0.293 e. The van der Waals surface area contributed by atoms with Gasteiger partial charge in [0.05, 0.1) is 37.0 Å². The lowest BCUT2D eigenvalue weighted by Crippen LogP contribution is -2.60. The van der Waals surface area contributed by atoms with Crippen LogP contribution in [0, 0.1) is 21.4 Å². The largest absolute Gasteiger partial charge is 0.497 e. The van der Waals surface area contributed by atoms with Gasteiger partial charge in [0.25, 0.3) is 5.69 Å². The summed E-state index contributed by atoms with van der Waals surface area (Å²) in [5, 5.41) is 25.7. The Morgan fingerprint density at radius 3 is 2.38 bits per heavy atom. The van der Waals surface area contributed by atoms with Gasteiger partial charge in [0.1, 0.15) is 11.4 Å².